The number of hydrogen-bond acceptors (Lipinski definition) is 4. The van der Waals surface area contributed by atoms with Gasteiger partial charge in [-0.3, -0.25) is 4.79 Å². The number of phenolic OH excluding ortho intramolecular Hbond substituents is 1. The zero-order chi connectivity index (χ0) is 20.6. The average molecular weight is 397 g/mol. The normalized spacial score (nSPS) is 15.2. The Balaban J connectivity index is 1.65. The molecule has 1 heterocycles. The van der Waals surface area contributed by atoms with Crippen LogP contribution in [-0.4, -0.2) is 36.4 Å². The summed E-state index contributed by atoms with van der Waals surface area (Å²) in [6.07, 6.45) is 3.79. The minimum absolute atomic E-state index is 0.274. The molecule has 29 heavy (non-hydrogen) atoms. The highest BCUT2D eigenvalue weighted by Crippen LogP contribution is 2.18. The van der Waals surface area contributed by atoms with Crippen molar-refractivity contribution in [1.29, 1.82) is 0 Å². The van der Waals surface area contributed by atoms with E-state index in [9.17, 15) is 9.90 Å². The molecule has 6 nitrogen and oxygen atoms in total. The Morgan fingerprint density at radius 3 is 2.48 bits per heavy atom. The van der Waals surface area contributed by atoms with Crippen LogP contribution >= 0.6 is 0 Å². The maximum atomic E-state index is 12.3. The molecular formula is C23H30N3O3+. The predicted molar refractivity (Wildman–Crippen MR) is 114 cm³/mol. The van der Waals surface area contributed by atoms with Gasteiger partial charge in [0.2, 0.25) is 0 Å². The summed E-state index contributed by atoms with van der Waals surface area (Å²) in [6, 6.07) is 12.5. The van der Waals surface area contributed by atoms with Gasteiger partial charge in [-0.15, -0.1) is 0 Å². The molecule has 154 valence electrons. The summed E-state index contributed by atoms with van der Waals surface area (Å²) in [7, 11) is 0. The zero-order valence-electron chi connectivity index (χ0n) is 17.2. The number of hydrogen-bond donors (Lipinski definition) is 3. The molecule has 1 aliphatic heterocycles. The van der Waals surface area contributed by atoms with Gasteiger partial charge in [0, 0.05) is 11.1 Å². The molecule has 0 aliphatic carbocycles. The van der Waals surface area contributed by atoms with Gasteiger partial charge in [0.25, 0.3) is 5.91 Å². The van der Waals surface area contributed by atoms with Gasteiger partial charge in [0.1, 0.15) is 18.0 Å². The highest BCUT2D eigenvalue weighted by atomic mass is 16.5. The lowest BCUT2D eigenvalue weighted by Gasteiger charge is -2.24. The number of quaternary nitrogens is 1. The summed E-state index contributed by atoms with van der Waals surface area (Å²) >= 11 is 0. The molecule has 0 spiro atoms. The van der Waals surface area contributed by atoms with Crippen LogP contribution in [0.3, 0.4) is 0 Å². The van der Waals surface area contributed by atoms with E-state index >= 15 is 0 Å². The maximum Gasteiger partial charge on any atom is 0.271 e. The molecule has 0 radical (unpaired) electrons. The smallest absolute Gasteiger partial charge is 0.271 e. The lowest BCUT2D eigenvalue weighted by molar-refractivity contribution is -0.918. The second kappa shape index (κ2) is 10.1. The number of benzene rings is 2. The molecule has 1 amide bonds. The first-order chi connectivity index (χ1) is 14.1. The highest BCUT2D eigenvalue weighted by molar-refractivity contribution is 6.01. The lowest BCUT2D eigenvalue weighted by atomic mass is 10.0. The number of nitrogens with zero attached hydrogens (tertiary/aromatic N) is 1. The third kappa shape index (κ3) is 5.81. The number of nitrogens with one attached hydrogen (secondary N) is 2. The number of phenols is 1. The Morgan fingerprint density at radius 2 is 1.79 bits per heavy atom. The monoisotopic (exact) mass is 396 g/mol. The quantitative estimate of drug-likeness (QED) is 0.497. The highest BCUT2D eigenvalue weighted by Gasteiger charge is 2.16. The number of hydrazone groups is 1. The van der Waals surface area contributed by atoms with Crippen molar-refractivity contribution in [3.8, 4) is 11.5 Å². The third-order valence-electron chi connectivity index (χ3n) is 5.25. The number of piperidine rings is 1. The van der Waals surface area contributed by atoms with E-state index in [-0.39, 0.29) is 5.91 Å². The second-order valence-electron chi connectivity index (χ2n) is 7.43. The molecule has 0 unspecified atom stereocenters. The van der Waals surface area contributed by atoms with Crippen molar-refractivity contribution in [3.05, 3.63) is 59.2 Å². The molecule has 0 saturated carbocycles. The zero-order valence-corrected chi connectivity index (χ0v) is 17.2. The largest absolute Gasteiger partial charge is 0.507 e. The van der Waals surface area contributed by atoms with Crippen molar-refractivity contribution < 1.29 is 19.5 Å². The number of carbonyl (C=O) groups is 1. The van der Waals surface area contributed by atoms with E-state index < -0.39 is 0 Å². The van der Waals surface area contributed by atoms with Crippen molar-refractivity contribution in [2.75, 3.05) is 19.7 Å². The van der Waals surface area contributed by atoms with Gasteiger partial charge in [0.15, 0.2) is 0 Å². The van der Waals surface area contributed by atoms with E-state index in [1.54, 1.807) is 30.3 Å². The van der Waals surface area contributed by atoms with Gasteiger partial charge in [-0.1, -0.05) is 0 Å². The van der Waals surface area contributed by atoms with E-state index in [0.717, 1.165) is 36.5 Å². The summed E-state index contributed by atoms with van der Waals surface area (Å²) in [5.41, 5.74) is 5.63. The van der Waals surface area contributed by atoms with Crippen molar-refractivity contribution in [2.45, 2.75) is 39.7 Å². The van der Waals surface area contributed by atoms with Gasteiger partial charge in [0.05, 0.1) is 25.4 Å². The van der Waals surface area contributed by atoms with Crippen LogP contribution in [0.5, 0.6) is 11.5 Å². The number of rotatable bonds is 7. The van der Waals surface area contributed by atoms with Crippen LogP contribution in [0.4, 0.5) is 0 Å². The molecule has 2 aromatic carbocycles. The maximum absolute atomic E-state index is 12.3. The minimum atomic E-state index is -0.274. The van der Waals surface area contributed by atoms with Crippen LogP contribution in [0.25, 0.3) is 0 Å². The Kier molecular flexibility index (Phi) is 7.25. The summed E-state index contributed by atoms with van der Waals surface area (Å²) < 4.78 is 5.39. The van der Waals surface area contributed by atoms with Gasteiger partial charge < -0.3 is 14.7 Å². The number of ether oxygens (including phenoxy) is 1. The summed E-state index contributed by atoms with van der Waals surface area (Å²) in [4.78, 5) is 13.8. The number of aromatic hydroxyl groups is 1. The fraction of sp³-hybridized carbons (Fsp3) is 0.391. The van der Waals surface area contributed by atoms with Crippen LogP contribution in [0, 0.1) is 0 Å². The first kappa shape index (κ1) is 20.9. The van der Waals surface area contributed by atoms with Gasteiger partial charge >= 0.3 is 0 Å². The molecule has 1 aliphatic rings. The van der Waals surface area contributed by atoms with Crippen LogP contribution in [-0.2, 0) is 6.54 Å². The fourth-order valence-electron chi connectivity index (χ4n) is 3.58. The Hall–Kier alpha value is -2.86. The molecule has 6 heteroatoms. The summed E-state index contributed by atoms with van der Waals surface area (Å²) in [6.45, 7) is 7.46. The number of likely N-dealkylation sites (tertiary alicyclic amines) is 1. The Morgan fingerprint density at radius 1 is 1.10 bits per heavy atom. The van der Waals surface area contributed by atoms with Crippen molar-refractivity contribution in [1.82, 2.24) is 5.43 Å². The Labute approximate surface area is 172 Å². The SMILES string of the molecule is CCOc1ccc(C(=O)N/N=C(\C)c2ccc(O)c(C[NH+]3CCCCC3)c2)cc1. The van der Waals surface area contributed by atoms with Crippen LogP contribution in [0.2, 0.25) is 0 Å². The average Bonchev–Trinajstić information content (AvgIpc) is 2.75. The van der Waals surface area contributed by atoms with Gasteiger partial charge in [-0.25, -0.2) is 5.43 Å². The van der Waals surface area contributed by atoms with Gasteiger partial charge in [-0.05, 0) is 81.1 Å². The van der Waals surface area contributed by atoms with Crippen molar-refractivity contribution in [2.24, 2.45) is 5.10 Å². The van der Waals surface area contributed by atoms with Crippen LogP contribution in [0.1, 0.15) is 54.6 Å². The molecule has 3 N–H and O–H groups in total. The molecule has 0 aromatic heterocycles. The second-order valence-corrected chi connectivity index (χ2v) is 7.43. The van der Waals surface area contributed by atoms with Crippen LogP contribution in [0.15, 0.2) is 47.6 Å². The van der Waals surface area contributed by atoms with Gasteiger partial charge in [-0.2, -0.15) is 5.10 Å². The lowest BCUT2D eigenvalue weighted by Crippen LogP contribution is -3.11. The van der Waals surface area contributed by atoms with Crippen molar-refractivity contribution in [3.63, 3.8) is 0 Å². The van der Waals surface area contributed by atoms with Crippen molar-refractivity contribution >= 4 is 11.6 Å². The standard InChI is InChI=1S/C23H29N3O3/c1-3-29-21-10-7-18(8-11-21)23(28)25-24-17(2)19-9-12-22(27)20(15-19)16-26-13-5-4-6-14-26/h7-12,15,27H,3-6,13-14,16H2,1-2H3,(H,25,28)/p+1/b24-17+. The molecule has 0 bridgehead atoms. The van der Waals surface area contributed by atoms with E-state index in [2.05, 4.69) is 10.5 Å². The molecule has 2 aromatic rings. The van der Waals surface area contributed by atoms with Crippen LogP contribution < -0.4 is 15.1 Å². The predicted octanol–water partition coefficient (Wildman–Crippen LogP) is 2.51. The molecule has 1 fully saturated rings. The first-order valence-corrected chi connectivity index (χ1v) is 10.3. The third-order valence-corrected chi connectivity index (χ3v) is 5.25. The number of carbonyl (C=O) groups excluding carboxylic acids is 1. The Bertz CT molecular complexity index is 856. The molecular weight excluding hydrogens is 366 g/mol. The minimum Gasteiger partial charge on any atom is -0.507 e. The summed E-state index contributed by atoms with van der Waals surface area (Å²) in [5, 5.41) is 14.5. The molecule has 3 rings (SSSR count). The molecule has 0 atom stereocenters. The fourth-order valence-corrected chi connectivity index (χ4v) is 3.58. The van der Waals surface area contributed by atoms with E-state index in [1.165, 1.54) is 24.2 Å². The first-order valence-electron chi connectivity index (χ1n) is 10.3. The number of amides is 1. The summed E-state index contributed by atoms with van der Waals surface area (Å²) in [5.74, 6) is 0.776. The van der Waals surface area contributed by atoms with E-state index in [0.29, 0.717) is 23.6 Å². The van der Waals surface area contributed by atoms with E-state index in [1.807, 2.05) is 26.0 Å². The topological polar surface area (TPSA) is 75.4 Å². The van der Waals surface area contributed by atoms with E-state index in [4.69, 9.17) is 4.74 Å². The molecule has 1 saturated heterocycles.